The standard InChI is InChI=1S/C51H99N2O6P/c1-6-8-10-12-14-16-18-20-22-24-25-26-27-29-31-33-35-37-39-41-43-45-51(55)52-49(48-59-60(56,57)58-47-46-53(3,4)5)50(54)44-42-40-38-36-34-32-30-28-23-21-19-17-15-13-11-9-7-2/h18,20,24-25,27,29,49-50,54H,6-17,19,21-23,26,28,30-48H2,1-5H3,(H-,52,55,56,57)/p+1/b20-18-,25-24-,29-27-. The Morgan fingerprint density at radius 3 is 1.38 bits per heavy atom. The van der Waals surface area contributed by atoms with Crippen molar-refractivity contribution in [2.45, 2.75) is 244 Å². The van der Waals surface area contributed by atoms with Crippen LogP contribution in [0.15, 0.2) is 36.5 Å². The van der Waals surface area contributed by atoms with Crippen molar-refractivity contribution in [3.05, 3.63) is 36.5 Å². The molecule has 0 aromatic carbocycles. The minimum atomic E-state index is -4.32. The van der Waals surface area contributed by atoms with Gasteiger partial charge in [-0.05, 0) is 51.4 Å². The van der Waals surface area contributed by atoms with Crippen molar-refractivity contribution in [2.24, 2.45) is 0 Å². The number of likely N-dealkylation sites (N-methyl/N-ethyl adjacent to an activating group) is 1. The van der Waals surface area contributed by atoms with E-state index in [0.29, 0.717) is 23.9 Å². The molecule has 0 aliphatic heterocycles. The lowest BCUT2D eigenvalue weighted by molar-refractivity contribution is -0.870. The number of aliphatic hydroxyl groups excluding tert-OH is 1. The molecule has 0 radical (unpaired) electrons. The Kier molecular flexibility index (Phi) is 42.1. The van der Waals surface area contributed by atoms with Crippen molar-refractivity contribution in [1.82, 2.24) is 5.32 Å². The van der Waals surface area contributed by atoms with E-state index in [1.807, 2.05) is 21.1 Å². The van der Waals surface area contributed by atoms with Gasteiger partial charge >= 0.3 is 7.82 Å². The summed E-state index contributed by atoms with van der Waals surface area (Å²) in [7, 11) is 1.61. The molecule has 0 aliphatic carbocycles. The summed E-state index contributed by atoms with van der Waals surface area (Å²) in [6.45, 7) is 4.88. The molecular formula is C51H100N2O6P+. The Morgan fingerprint density at radius 2 is 0.950 bits per heavy atom. The van der Waals surface area contributed by atoms with Crippen LogP contribution in [0.1, 0.15) is 232 Å². The molecule has 0 aliphatic rings. The third kappa shape index (κ3) is 44.8. The molecule has 3 N–H and O–H groups in total. The maximum absolute atomic E-state index is 12.9. The number of phosphoric acid groups is 1. The van der Waals surface area contributed by atoms with Gasteiger partial charge in [-0.2, -0.15) is 0 Å². The number of carbonyl (C=O) groups is 1. The van der Waals surface area contributed by atoms with Crippen LogP contribution in [-0.2, 0) is 18.4 Å². The smallest absolute Gasteiger partial charge is 0.391 e. The first-order valence-electron chi connectivity index (χ1n) is 25.4. The van der Waals surface area contributed by atoms with Crippen molar-refractivity contribution in [3.8, 4) is 0 Å². The van der Waals surface area contributed by atoms with E-state index in [1.165, 1.54) is 141 Å². The number of carbonyl (C=O) groups excluding carboxylic acids is 1. The van der Waals surface area contributed by atoms with Crippen molar-refractivity contribution in [3.63, 3.8) is 0 Å². The molecule has 0 heterocycles. The highest BCUT2D eigenvalue weighted by Crippen LogP contribution is 2.43. The summed E-state index contributed by atoms with van der Waals surface area (Å²) in [5, 5.41) is 14.0. The predicted molar refractivity (Wildman–Crippen MR) is 258 cm³/mol. The van der Waals surface area contributed by atoms with Crippen molar-refractivity contribution >= 4 is 13.7 Å². The number of rotatable bonds is 46. The van der Waals surface area contributed by atoms with Crippen molar-refractivity contribution in [2.75, 3.05) is 40.9 Å². The normalized spacial score (nSPS) is 14.4. The average Bonchev–Trinajstić information content (AvgIpc) is 3.20. The molecule has 0 rings (SSSR count). The molecular weight excluding hydrogens is 768 g/mol. The Bertz CT molecular complexity index is 1070. The highest BCUT2D eigenvalue weighted by atomic mass is 31.2. The number of phosphoric ester groups is 1. The fourth-order valence-corrected chi connectivity index (χ4v) is 8.08. The van der Waals surface area contributed by atoms with E-state index in [1.54, 1.807) is 0 Å². The maximum Gasteiger partial charge on any atom is 0.472 e. The lowest BCUT2D eigenvalue weighted by Crippen LogP contribution is -2.46. The molecule has 1 amide bonds. The van der Waals surface area contributed by atoms with E-state index in [4.69, 9.17) is 9.05 Å². The number of aliphatic hydroxyl groups is 1. The predicted octanol–water partition coefficient (Wildman–Crippen LogP) is 14.6. The summed E-state index contributed by atoms with van der Waals surface area (Å²) in [5.74, 6) is -0.156. The second-order valence-corrected chi connectivity index (χ2v) is 20.0. The van der Waals surface area contributed by atoms with Crippen LogP contribution in [0.25, 0.3) is 0 Å². The van der Waals surface area contributed by atoms with Crippen LogP contribution >= 0.6 is 7.82 Å². The zero-order valence-corrected chi connectivity index (χ0v) is 41.1. The molecule has 9 heteroatoms. The molecule has 354 valence electrons. The monoisotopic (exact) mass is 868 g/mol. The summed E-state index contributed by atoms with van der Waals surface area (Å²) >= 11 is 0. The minimum absolute atomic E-state index is 0.0715. The topological polar surface area (TPSA) is 105 Å². The third-order valence-corrected chi connectivity index (χ3v) is 12.4. The minimum Gasteiger partial charge on any atom is -0.391 e. The van der Waals surface area contributed by atoms with E-state index in [-0.39, 0.29) is 19.1 Å². The zero-order chi connectivity index (χ0) is 44.3. The molecule has 0 spiro atoms. The van der Waals surface area contributed by atoms with E-state index < -0.39 is 20.0 Å². The first-order valence-corrected chi connectivity index (χ1v) is 26.8. The Labute approximate surface area is 372 Å². The van der Waals surface area contributed by atoms with Gasteiger partial charge in [0.15, 0.2) is 0 Å². The highest BCUT2D eigenvalue weighted by Gasteiger charge is 2.28. The molecule has 3 atom stereocenters. The van der Waals surface area contributed by atoms with Gasteiger partial charge in [0.05, 0.1) is 39.9 Å². The fourth-order valence-electron chi connectivity index (χ4n) is 7.35. The summed E-state index contributed by atoms with van der Waals surface area (Å²) in [6, 6.07) is -0.767. The van der Waals surface area contributed by atoms with Gasteiger partial charge in [0.2, 0.25) is 5.91 Å². The van der Waals surface area contributed by atoms with Crippen LogP contribution in [0, 0.1) is 0 Å². The van der Waals surface area contributed by atoms with Crippen LogP contribution in [0.5, 0.6) is 0 Å². The molecule has 3 unspecified atom stereocenters. The van der Waals surface area contributed by atoms with Gasteiger partial charge in [0.1, 0.15) is 13.2 Å². The number of allylic oxidation sites excluding steroid dienone is 6. The molecule has 0 fully saturated rings. The molecule has 0 aromatic rings. The van der Waals surface area contributed by atoms with Crippen LogP contribution in [-0.4, -0.2) is 73.4 Å². The number of amides is 1. The van der Waals surface area contributed by atoms with Gasteiger partial charge in [0, 0.05) is 6.42 Å². The number of hydrogen-bond acceptors (Lipinski definition) is 5. The zero-order valence-electron chi connectivity index (χ0n) is 40.2. The second-order valence-electron chi connectivity index (χ2n) is 18.5. The van der Waals surface area contributed by atoms with Gasteiger partial charge in [-0.15, -0.1) is 0 Å². The first kappa shape index (κ1) is 58.7. The molecule has 0 saturated heterocycles. The van der Waals surface area contributed by atoms with Gasteiger partial charge in [-0.3, -0.25) is 13.8 Å². The number of quaternary nitrogens is 1. The summed E-state index contributed by atoms with van der Waals surface area (Å²) in [5.41, 5.74) is 0. The van der Waals surface area contributed by atoms with Gasteiger partial charge in [-0.25, -0.2) is 4.57 Å². The first-order chi connectivity index (χ1) is 29.0. The Morgan fingerprint density at radius 1 is 0.567 bits per heavy atom. The van der Waals surface area contributed by atoms with Crippen LogP contribution in [0.4, 0.5) is 0 Å². The molecule has 0 aromatic heterocycles. The summed E-state index contributed by atoms with van der Waals surface area (Å²) in [6.07, 6.45) is 53.1. The van der Waals surface area contributed by atoms with Gasteiger partial charge < -0.3 is 19.8 Å². The van der Waals surface area contributed by atoms with E-state index >= 15 is 0 Å². The Balaban J connectivity index is 4.31. The largest absolute Gasteiger partial charge is 0.472 e. The Hall–Kier alpha value is -1.28. The maximum atomic E-state index is 12.9. The fraction of sp³-hybridized carbons (Fsp3) is 0.863. The van der Waals surface area contributed by atoms with E-state index in [9.17, 15) is 19.4 Å². The van der Waals surface area contributed by atoms with Gasteiger partial charge in [0.25, 0.3) is 0 Å². The lowest BCUT2D eigenvalue weighted by Gasteiger charge is -2.26. The molecule has 0 saturated carbocycles. The number of hydrogen-bond donors (Lipinski definition) is 3. The number of nitrogens with zero attached hydrogens (tertiary/aromatic N) is 1. The number of unbranched alkanes of at least 4 members (excludes halogenated alkanes) is 27. The number of nitrogens with one attached hydrogen (secondary N) is 1. The van der Waals surface area contributed by atoms with Crippen LogP contribution in [0.2, 0.25) is 0 Å². The highest BCUT2D eigenvalue weighted by molar-refractivity contribution is 7.47. The van der Waals surface area contributed by atoms with Crippen molar-refractivity contribution < 1.29 is 32.9 Å². The molecule has 8 nitrogen and oxygen atoms in total. The second kappa shape index (κ2) is 43.0. The quantitative estimate of drug-likeness (QED) is 0.0244. The lowest BCUT2D eigenvalue weighted by atomic mass is 10.0. The van der Waals surface area contributed by atoms with E-state index in [2.05, 4.69) is 55.6 Å². The molecule has 60 heavy (non-hydrogen) atoms. The third-order valence-electron chi connectivity index (χ3n) is 11.4. The SMILES string of the molecule is CCCCCCC/C=C\C/C=C\C/C=C\CCCCCCCCC(=O)NC(COP(=O)(O)OCC[N+](C)(C)C)C(O)CCCCCCCCCCCCCCCCCCC. The van der Waals surface area contributed by atoms with E-state index in [0.717, 1.165) is 64.2 Å². The summed E-state index contributed by atoms with van der Waals surface area (Å²) < 4.78 is 23.7. The summed E-state index contributed by atoms with van der Waals surface area (Å²) in [4.78, 5) is 23.2. The van der Waals surface area contributed by atoms with Gasteiger partial charge in [-0.1, -0.05) is 211 Å². The van der Waals surface area contributed by atoms with Crippen LogP contribution < -0.4 is 5.32 Å². The average molecular weight is 868 g/mol. The van der Waals surface area contributed by atoms with Crippen molar-refractivity contribution in [1.29, 1.82) is 0 Å². The van der Waals surface area contributed by atoms with Crippen LogP contribution in [0.3, 0.4) is 0 Å². The molecule has 0 bridgehead atoms.